The van der Waals surface area contributed by atoms with E-state index in [-0.39, 0.29) is 30.7 Å². The van der Waals surface area contributed by atoms with E-state index < -0.39 is 0 Å². The fourth-order valence-corrected chi connectivity index (χ4v) is 2.97. The Balaban J connectivity index is 0.00000156. The average Bonchev–Trinajstić information content (AvgIpc) is 3.02. The van der Waals surface area contributed by atoms with Gasteiger partial charge in [-0.2, -0.15) is 0 Å². The highest BCUT2D eigenvalue weighted by atomic mass is 35.5. The van der Waals surface area contributed by atoms with E-state index in [0.29, 0.717) is 35.6 Å². The molecule has 5 nitrogen and oxygen atoms in total. The fraction of sp³-hybridized carbons (Fsp3) is 0.412. The zero-order valence-electron chi connectivity index (χ0n) is 13.9. The number of amides is 1. The number of hydrogen-bond acceptors (Lipinski definition) is 4. The standard InChI is InChI=1S/C17H20ClN3O2.2ClH/c1-12-11-21(9-8-19-12)17(22)7-6-16-20-10-15(23-16)13-4-2-3-5-14(13)18;;/h2-5,10,12,19H,6-9,11H2,1H3;2*1H. The Labute approximate surface area is 164 Å². The molecule has 138 valence electrons. The van der Waals surface area contributed by atoms with E-state index >= 15 is 0 Å². The minimum absolute atomic E-state index is 0. The van der Waals surface area contributed by atoms with Crippen molar-refractivity contribution in [2.24, 2.45) is 0 Å². The van der Waals surface area contributed by atoms with Gasteiger partial charge in [-0.25, -0.2) is 4.98 Å². The number of aromatic nitrogens is 1. The molecule has 2 aromatic rings. The molecule has 1 saturated heterocycles. The van der Waals surface area contributed by atoms with Crippen LogP contribution in [0.15, 0.2) is 34.9 Å². The molecule has 1 aliphatic rings. The smallest absolute Gasteiger partial charge is 0.223 e. The van der Waals surface area contributed by atoms with Crippen molar-refractivity contribution in [2.45, 2.75) is 25.8 Å². The summed E-state index contributed by atoms with van der Waals surface area (Å²) in [6.45, 7) is 4.46. The van der Waals surface area contributed by atoms with E-state index in [9.17, 15) is 4.79 Å². The lowest BCUT2D eigenvalue weighted by Crippen LogP contribution is -2.51. The Morgan fingerprint density at radius 3 is 2.88 bits per heavy atom. The van der Waals surface area contributed by atoms with E-state index in [4.69, 9.17) is 16.0 Å². The van der Waals surface area contributed by atoms with Crippen LogP contribution < -0.4 is 5.32 Å². The number of nitrogens with one attached hydrogen (secondary N) is 1. The van der Waals surface area contributed by atoms with Gasteiger partial charge >= 0.3 is 0 Å². The van der Waals surface area contributed by atoms with Gasteiger partial charge in [-0.15, -0.1) is 24.8 Å². The van der Waals surface area contributed by atoms with Crippen molar-refractivity contribution in [2.75, 3.05) is 19.6 Å². The van der Waals surface area contributed by atoms with Crippen LogP contribution in [0.5, 0.6) is 0 Å². The highest BCUT2D eigenvalue weighted by Gasteiger charge is 2.20. The maximum Gasteiger partial charge on any atom is 0.223 e. The molecule has 1 unspecified atom stereocenters. The fourth-order valence-electron chi connectivity index (χ4n) is 2.74. The van der Waals surface area contributed by atoms with Crippen LogP contribution in [0, 0.1) is 0 Å². The topological polar surface area (TPSA) is 58.4 Å². The van der Waals surface area contributed by atoms with E-state index in [1.54, 1.807) is 6.20 Å². The summed E-state index contributed by atoms with van der Waals surface area (Å²) < 4.78 is 5.73. The second-order valence-electron chi connectivity index (χ2n) is 5.79. The quantitative estimate of drug-likeness (QED) is 0.843. The molecule has 1 atom stereocenters. The van der Waals surface area contributed by atoms with Crippen LogP contribution in [-0.4, -0.2) is 41.5 Å². The SMILES string of the molecule is CC1CN(C(=O)CCc2ncc(-c3ccccc3Cl)o2)CCN1.Cl.Cl. The van der Waals surface area contributed by atoms with Crippen molar-refractivity contribution in [3.63, 3.8) is 0 Å². The molecule has 0 aliphatic carbocycles. The molecule has 1 N–H and O–H groups in total. The lowest BCUT2D eigenvalue weighted by Gasteiger charge is -2.31. The van der Waals surface area contributed by atoms with Crippen molar-refractivity contribution in [1.82, 2.24) is 15.2 Å². The largest absolute Gasteiger partial charge is 0.441 e. The predicted octanol–water partition coefficient (Wildman–Crippen LogP) is 3.59. The van der Waals surface area contributed by atoms with Gasteiger partial charge in [0.15, 0.2) is 11.7 Å². The highest BCUT2D eigenvalue weighted by molar-refractivity contribution is 6.33. The molecule has 1 fully saturated rings. The number of carbonyl (C=O) groups excluding carboxylic acids is 1. The summed E-state index contributed by atoms with van der Waals surface area (Å²) in [5, 5.41) is 3.96. The van der Waals surface area contributed by atoms with Crippen molar-refractivity contribution < 1.29 is 9.21 Å². The Kier molecular flexibility index (Phi) is 8.73. The molecule has 0 spiro atoms. The summed E-state index contributed by atoms with van der Waals surface area (Å²) >= 11 is 6.16. The van der Waals surface area contributed by atoms with Gasteiger partial charge in [0.05, 0.1) is 11.2 Å². The lowest BCUT2D eigenvalue weighted by molar-refractivity contribution is -0.132. The van der Waals surface area contributed by atoms with Gasteiger partial charge in [0.2, 0.25) is 5.91 Å². The molecule has 1 aromatic heterocycles. The Morgan fingerprint density at radius 1 is 1.40 bits per heavy atom. The third-order valence-corrected chi connectivity index (χ3v) is 4.30. The summed E-state index contributed by atoms with van der Waals surface area (Å²) in [6.07, 6.45) is 2.57. The summed E-state index contributed by atoms with van der Waals surface area (Å²) in [5.74, 6) is 1.35. The molecule has 0 radical (unpaired) electrons. The number of oxazole rings is 1. The predicted molar refractivity (Wildman–Crippen MR) is 104 cm³/mol. The first kappa shape index (κ1) is 21.8. The first-order valence-corrected chi connectivity index (χ1v) is 8.22. The van der Waals surface area contributed by atoms with Crippen LogP contribution in [0.4, 0.5) is 0 Å². The second-order valence-corrected chi connectivity index (χ2v) is 6.20. The highest BCUT2D eigenvalue weighted by Crippen LogP contribution is 2.28. The Bertz CT molecular complexity index is 693. The van der Waals surface area contributed by atoms with E-state index in [1.807, 2.05) is 29.2 Å². The zero-order chi connectivity index (χ0) is 16.2. The van der Waals surface area contributed by atoms with E-state index in [1.165, 1.54) is 0 Å². The molecule has 1 amide bonds. The third-order valence-electron chi connectivity index (χ3n) is 3.97. The molecule has 3 rings (SSSR count). The Morgan fingerprint density at radius 2 is 2.16 bits per heavy atom. The third kappa shape index (κ3) is 5.61. The monoisotopic (exact) mass is 405 g/mol. The van der Waals surface area contributed by atoms with Crippen molar-refractivity contribution in [3.05, 3.63) is 41.4 Å². The molecule has 2 heterocycles. The molecule has 1 aliphatic heterocycles. The molecule has 1 aromatic carbocycles. The van der Waals surface area contributed by atoms with Gasteiger partial charge < -0.3 is 14.6 Å². The number of rotatable bonds is 4. The summed E-state index contributed by atoms with van der Waals surface area (Å²) in [4.78, 5) is 18.4. The van der Waals surface area contributed by atoms with Gasteiger partial charge in [-0.1, -0.05) is 23.7 Å². The number of benzene rings is 1. The van der Waals surface area contributed by atoms with Gasteiger partial charge in [-0.05, 0) is 19.1 Å². The van der Waals surface area contributed by atoms with E-state index in [0.717, 1.165) is 25.2 Å². The summed E-state index contributed by atoms with van der Waals surface area (Å²) in [5.41, 5.74) is 0.815. The van der Waals surface area contributed by atoms with Gasteiger partial charge in [0.25, 0.3) is 0 Å². The maximum atomic E-state index is 12.3. The number of piperazine rings is 1. The van der Waals surface area contributed by atoms with Gasteiger partial charge in [-0.3, -0.25) is 4.79 Å². The first-order chi connectivity index (χ1) is 11.1. The van der Waals surface area contributed by atoms with Crippen molar-refractivity contribution in [1.29, 1.82) is 0 Å². The maximum absolute atomic E-state index is 12.3. The second kappa shape index (κ2) is 10.0. The molecular formula is C17H22Cl3N3O2. The van der Waals surface area contributed by atoms with Gasteiger partial charge in [0, 0.05) is 44.1 Å². The minimum Gasteiger partial charge on any atom is -0.441 e. The average molecular weight is 407 g/mol. The summed E-state index contributed by atoms with van der Waals surface area (Å²) in [7, 11) is 0. The van der Waals surface area contributed by atoms with Crippen LogP contribution in [-0.2, 0) is 11.2 Å². The van der Waals surface area contributed by atoms with Crippen LogP contribution in [0.3, 0.4) is 0 Å². The minimum atomic E-state index is 0. The molecule has 8 heteroatoms. The van der Waals surface area contributed by atoms with Crippen LogP contribution in [0.1, 0.15) is 19.2 Å². The molecular weight excluding hydrogens is 385 g/mol. The van der Waals surface area contributed by atoms with Crippen molar-refractivity contribution in [3.8, 4) is 11.3 Å². The zero-order valence-corrected chi connectivity index (χ0v) is 16.3. The number of aryl methyl sites for hydroxylation is 1. The number of carbonyl (C=O) groups is 1. The Hall–Kier alpha value is -1.27. The van der Waals surface area contributed by atoms with Crippen molar-refractivity contribution >= 4 is 42.3 Å². The van der Waals surface area contributed by atoms with Crippen LogP contribution >= 0.6 is 36.4 Å². The number of nitrogens with zero attached hydrogens (tertiary/aromatic N) is 2. The van der Waals surface area contributed by atoms with E-state index in [2.05, 4.69) is 17.2 Å². The summed E-state index contributed by atoms with van der Waals surface area (Å²) in [6, 6.07) is 7.82. The number of halogens is 3. The first-order valence-electron chi connectivity index (χ1n) is 7.84. The lowest BCUT2D eigenvalue weighted by atomic mass is 10.2. The molecule has 0 bridgehead atoms. The normalized spacial score (nSPS) is 16.7. The van der Waals surface area contributed by atoms with Crippen LogP contribution in [0.2, 0.25) is 5.02 Å². The van der Waals surface area contributed by atoms with Gasteiger partial charge in [0.1, 0.15) is 0 Å². The van der Waals surface area contributed by atoms with Crippen LogP contribution in [0.25, 0.3) is 11.3 Å². The number of hydrogen-bond donors (Lipinski definition) is 1. The molecule has 25 heavy (non-hydrogen) atoms. The molecule has 0 saturated carbocycles.